The summed E-state index contributed by atoms with van der Waals surface area (Å²) in [6.07, 6.45) is 6.22. The Bertz CT molecular complexity index is 867. The van der Waals surface area contributed by atoms with Crippen molar-refractivity contribution in [1.29, 1.82) is 0 Å². The van der Waals surface area contributed by atoms with Crippen molar-refractivity contribution in [3.8, 4) is 11.3 Å². The molecule has 6 heteroatoms. The second-order valence-corrected chi connectivity index (χ2v) is 6.97. The minimum atomic E-state index is -0.568. The number of aromatic nitrogens is 3. The van der Waals surface area contributed by atoms with Gasteiger partial charge in [-0.25, -0.2) is 4.79 Å². The van der Waals surface area contributed by atoms with E-state index in [0.717, 1.165) is 20.9 Å². The van der Waals surface area contributed by atoms with Crippen molar-refractivity contribution < 1.29 is 9.53 Å². The van der Waals surface area contributed by atoms with Crippen LogP contribution in [0.2, 0.25) is 0 Å². The zero-order chi connectivity index (χ0) is 16.6. The van der Waals surface area contributed by atoms with Crippen molar-refractivity contribution >= 4 is 32.9 Å². The van der Waals surface area contributed by atoms with Crippen LogP contribution in [0.5, 0.6) is 0 Å². The van der Waals surface area contributed by atoms with Crippen LogP contribution in [0.25, 0.3) is 22.2 Å². The van der Waals surface area contributed by atoms with Crippen LogP contribution in [0, 0.1) is 0 Å². The minimum Gasteiger partial charge on any atom is -0.443 e. The molecule has 0 fully saturated rings. The topological polar surface area (TPSA) is 57.0 Å². The molecule has 0 spiro atoms. The monoisotopic (exact) mass is 373 g/mol. The van der Waals surface area contributed by atoms with E-state index in [-0.39, 0.29) is 0 Å². The molecule has 0 radical (unpaired) electrons. The van der Waals surface area contributed by atoms with Gasteiger partial charge in [-0.1, -0.05) is 18.2 Å². The smallest absolute Gasteiger partial charge is 0.419 e. The van der Waals surface area contributed by atoms with Gasteiger partial charge in [-0.2, -0.15) is 0 Å². The molecule has 0 amide bonds. The first kappa shape index (κ1) is 15.7. The third-order valence-electron chi connectivity index (χ3n) is 3.21. The van der Waals surface area contributed by atoms with Crippen molar-refractivity contribution in [3.63, 3.8) is 0 Å². The Hall–Kier alpha value is -2.21. The highest BCUT2D eigenvalue weighted by Crippen LogP contribution is 2.33. The number of nitrogens with zero attached hydrogens (tertiary/aromatic N) is 3. The Morgan fingerprint density at radius 1 is 1.26 bits per heavy atom. The molecular weight excluding hydrogens is 358 g/mol. The van der Waals surface area contributed by atoms with E-state index >= 15 is 0 Å². The predicted molar refractivity (Wildman–Crippen MR) is 92.3 cm³/mol. The van der Waals surface area contributed by atoms with E-state index in [4.69, 9.17) is 4.74 Å². The summed E-state index contributed by atoms with van der Waals surface area (Å²) in [7, 11) is 0. The van der Waals surface area contributed by atoms with Crippen molar-refractivity contribution in [2.75, 3.05) is 0 Å². The van der Waals surface area contributed by atoms with E-state index < -0.39 is 11.7 Å². The van der Waals surface area contributed by atoms with Crippen molar-refractivity contribution in [2.45, 2.75) is 26.4 Å². The molecule has 0 aliphatic heterocycles. The number of benzene rings is 1. The summed E-state index contributed by atoms with van der Waals surface area (Å²) in [5.74, 6) is 0. The number of carbonyl (C=O) groups is 1. The molecular formula is C17H16BrN3O2. The SMILES string of the molecule is CC(C)(C)OC(=O)n1cc(Br)c2cccc(-c3cnccn3)c21. The molecule has 0 atom stereocenters. The average Bonchev–Trinajstić information content (AvgIpc) is 2.84. The van der Waals surface area contributed by atoms with Crippen LogP contribution in [0.15, 0.2) is 47.5 Å². The number of para-hydroxylation sites is 1. The van der Waals surface area contributed by atoms with Gasteiger partial charge in [0.1, 0.15) is 5.60 Å². The van der Waals surface area contributed by atoms with Crippen molar-refractivity contribution in [1.82, 2.24) is 14.5 Å². The molecule has 0 saturated heterocycles. The first-order chi connectivity index (χ1) is 10.9. The largest absolute Gasteiger partial charge is 0.443 e. The lowest BCUT2D eigenvalue weighted by atomic mass is 10.1. The molecule has 3 rings (SSSR count). The molecule has 118 valence electrons. The Morgan fingerprint density at radius 2 is 2.04 bits per heavy atom. The maximum Gasteiger partial charge on any atom is 0.419 e. The number of rotatable bonds is 1. The molecule has 2 heterocycles. The fraction of sp³-hybridized carbons (Fsp3) is 0.235. The summed E-state index contributed by atoms with van der Waals surface area (Å²) in [5, 5.41) is 0.916. The predicted octanol–water partition coefficient (Wildman–Crippen LogP) is 4.64. The van der Waals surface area contributed by atoms with Gasteiger partial charge in [0.15, 0.2) is 0 Å². The Morgan fingerprint density at radius 3 is 2.70 bits per heavy atom. The van der Waals surface area contributed by atoms with Gasteiger partial charge >= 0.3 is 6.09 Å². The number of halogens is 1. The van der Waals surface area contributed by atoms with Crippen LogP contribution >= 0.6 is 15.9 Å². The van der Waals surface area contributed by atoms with E-state index in [1.165, 1.54) is 4.57 Å². The highest BCUT2D eigenvalue weighted by Gasteiger charge is 2.22. The number of carbonyl (C=O) groups excluding carboxylic acids is 1. The first-order valence-corrected chi connectivity index (χ1v) is 7.95. The molecule has 2 aromatic heterocycles. The van der Waals surface area contributed by atoms with Gasteiger partial charge in [-0.05, 0) is 36.7 Å². The second kappa shape index (κ2) is 5.77. The van der Waals surface area contributed by atoms with Crippen LogP contribution < -0.4 is 0 Å². The third kappa shape index (κ3) is 3.12. The summed E-state index contributed by atoms with van der Waals surface area (Å²) < 4.78 is 7.84. The maximum atomic E-state index is 12.6. The standard InChI is InChI=1S/C17H16BrN3O2/c1-17(2,3)23-16(22)21-10-13(18)11-5-4-6-12(15(11)21)14-9-19-7-8-20-14/h4-10H,1-3H3. The molecule has 5 nitrogen and oxygen atoms in total. The molecule has 0 aliphatic rings. The van der Waals surface area contributed by atoms with Crippen molar-refractivity contribution in [2.24, 2.45) is 0 Å². The highest BCUT2D eigenvalue weighted by molar-refractivity contribution is 9.10. The van der Waals surface area contributed by atoms with Gasteiger partial charge in [-0.3, -0.25) is 14.5 Å². The summed E-state index contributed by atoms with van der Waals surface area (Å²) in [6.45, 7) is 5.53. The number of hydrogen-bond donors (Lipinski definition) is 0. The average molecular weight is 374 g/mol. The Balaban J connectivity index is 2.22. The fourth-order valence-electron chi connectivity index (χ4n) is 2.34. The second-order valence-electron chi connectivity index (χ2n) is 6.12. The van der Waals surface area contributed by atoms with Crippen LogP contribution in [-0.2, 0) is 4.74 Å². The first-order valence-electron chi connectivity index (χ1n) is 7.16. The molecule has 3 aromatic rings. The number of hydrogen-bond acceptors (Lipinski definition) is 4. The summed E-state index contributed by atoms with van der Waals surface area (Å²) in [5.41, 5.74) is 1.71. The summed E-state index contributed by atoms with van der Waals surface area (Å²) in [4.78, 5) is 21.0. The molecule has 0 N–H and O–H groups in total. The lowest BCUT2D eigenvalue weighted by Gasteiger charge is -2.20. The maximum absolute atomic E-state index is 12.6. The van der Waals surface area contributed by atoms with E-state index in [9.17, 15) is 4.79 Å². The van der Waals surface area contributed by atoms with Gasteiger partial charge in [0.2, 0.25) is 0 Å². The van der Waals surface area contributed by atoms with E-state index in [1.807, 2.05) is 39.0 Å². The van der Waals surface area contributed by atoms with Crippen LogP contribution in [0.4, 0.5) is 4.79 Å². The molecule has 1 aromatic carbocycles. The Labute approximate surface area is 142 Å². The van der Waals surface area contributed by atoms with Crippen LogP contribution in [0.1, 0.15) is 20.8 Å². The molecule has 0 unspecified atom stereocenters. The van der Waals surface area contributed by atoms with Crippen LogP contribution in [-0.4, -0.2) is 26.2 Å². The van der Waals surface area contributed by atoms with Crippen LogP contribution in [0.3, 0.4) is 0 Å². The molecule has 0 aliphatic carbocycles. The van der Waals surface area contributed by atoms with Gasteiger partial charge < -0.3 is 4.74 Å². The van der Waals surface area contributed by atoms with Gasteiger partial charge in [0, 0.05) is 34.0 Å². The molecule has 23 heavy (non-hydrogen) atoms. The van der Waals surface area contributed by atoms with Crippen molar-refractivity contribution in [3.05, 3.63) is 47.5 Å². The van der Waals surface area contributed by atoms with Gasteiger partial charge in [0.05, 0.1) is 17.4 Å². The number of fused-ring (bicyclic) bond motifs is 1. The zero-order valence-corrected chi connectivity index (χ0v) is 14.7. The summed E-state index contributed by atoms with van der Waals surface area (Å²) in [6, 6.07) is 5.79. The minimum absolute atomic E-state index is 0.426. The van der Waals surface area contributed by atoms with E-state index in [2.05, 4.69) is 25.9 Å². The summed E-state index contributed by atoms with van der Waals surface area (Å²) >= 11 is 3.51. The fourth-order valence-corrected chi connectivity index (χ4v) is 2.87. The highest BCUT2D eigenvalue weighted by atomic mass is 79.9. The van der Waals surface area contributed by atoms with E-state index in [0.29, 0.717) is 5.69 Å². The zero-order valence-electron chi connectivity index (χ0n) is 13.1. The molecule has 0 bridgehead atoms. The van der Waals surface area contributed by atoms with E-state index in [1.54, 1.807) is 24.8 Å². The third-order valence-corrected chi connectivity index (χ3v) is 3.84. The molecule has 0 saturated carbocycles. The van der Waals surface area contributed by atoms with Gasteiger partial charge in [0.25, 0.3) is 0 Å². The normalized spacial score (nSPS) is 11.7. The lowest BCUT2D eigenvalue weighted by molar-refractivity contribution is 0.0544. The lowest BCUT2D eigenvalue weighted by Crippen LogP contribution is -2.26. The quantitative estimate of drug-likeness (QED) is 0.623. The van der Waals surface area contributed by atoms with Gasteiger partial charge in [-0.15, -0.1) is 0 Å². The Kier molecular flexibility index (Phi) is 3.93. The number of ether oxygens (including phenoxy) is 1.